The van der Waals surface area contributed by atoms with Crippen molar-refractivity contribution in [3.8, 4) is 0 Å². The van der Waals surface area contributed by atoms with Crippen molar-refractivity contribution in [3.63, 3.8) is 0 Å². The van der Waals surface area contributed by atoms with Crippen molar-refractivity contribution >= 4 is 16.9 Å². The largest absolute Gasteiger partial charge is 0.359 e. The van der Waals surface area contributed by atoms with Crippen LogP contribution in [0.2, 0.25) is 0 Å². The highest BCUT2D eigenvalue weighted by Crippen LogP contribution is 2.26. The highest BCUT2D eigenvalue weighted by Gasteiger charge is 2.30. The molecule has 2 nitrogen and oxygen atoms in total. The molecule has 0 aromatic rings. The van der Waals surface area contributed by atoms with Gasteiger partial charge in [0.15, 0.2) is 5.17 Å². The lowest BCUT2D eigenvalue weighted by Crippen LogP contribution is -2.39. The van der Waals surface area contributed by atoms with E-state index in [9.17, 15) is 0 Å². The van der Waals surface area contributed by atoms with Gasteiger partial charge in [-0.2, -0.15) is 0 Å². The third-order valence-electron chi connectivity index (χ3n) is 2.96. The van der Waals surface area contributed by atoms with Crippen LogP contribution in [0.25, 0.3) is 0 Å². The maximum absolute atomic E-state index is 4.72. The van der Waals surface area contributed by atoms with Crippen LogP contribution in [0.3, 0.4) is 0 Å². The van der Waals surface area contributed by atoms with Gasteiger partial charge in [0.2, 0.25) is 0 Å². The molecule has 1 saturated heterocycles. The van der Waals surface area contributed by atoms with Gasteiger partial charge in [0.25, 0.3) is 0 Å². The molecule has 0 amide bonds. The number of hydrogen-bond donors (Lipinski definition) is 1. The molecular weight excluding hydrogens is 192 g/mol. The van der Waals surface area contributed by atoms with E-state index < -0.39 is 0 Å². The number of rotatable bonds is 4. The van der Waals surface area contributed by atoms with Crippen LogP contribution in [0.4, 0.5) is 0 Å². The zero-order valence-electron chi connectivity index (χ0n) is 9.76. The van der Waals surface area contributed by atoms with Gasteiger partial charge in [-0.25, -0.2) is 0 Å². The maximum atomic E-state index is 4.72. The third kappa shape index (κ3) is 2.91. The quantitative estimate of drug-likeness (QED) is 0.778. The Labute approximate surface area is 92.0 Å². The lowest BCUT2D eigenvalue weighted by molar-refractivity contribution is 0.465. The fourth-order valence-corrected chi connectivity index (χ4v) is 2.73. The Bertz CT molecular complexity index is 211. The van der Waals surface area contributed by atoms with Crippen molar-refractivity contribution in [3.05, 3.63) is 0 Å². The number of aliphatic imine (C=N–C) groups is 1. The molecule has 0 aromatic carbocycles. The predicted octanol–water partition coefficient (Wildman–Crippen LogP) is 3.04. The van der Waals surface area contributed by atoms with Crippen LogP contribution in [0.15, 0.2) is 4.99 Å². The van der Waals surface area contributed by atoms with E-state index in [2.05, 4.69) is 33.0 Å². The standard InChI is InChI=1S/C11H22N2S/c1-5-9(6-2)12-10-13-11(4,7-3)8-14-10/h9H,5-8H2,1-4H3,(H,12,13). The summed E-state index contributed by atoms with van der Waals surface area (Å²) in [4.78, 5) is 4.72. The molecule has 1 atom stereocenters. The molecule has 82 valence electrons. The SMILES string of the molecule is CCC(CC)N=C1NC(C)(CC)CS1. The van der Waals surface area contributed by atoms with Gasteiger partial charge in [-0.3, -0.25) is 4.99 Å². The van der Waals surface area contributed by atoms with Gasteiger partial charge in [0.05, 0.1) is 6.04 Å². The molecule has 1 aliphatic heterocycles. The smallest absolute Gasteiger partial charge is 0.157 e. The molecular formula is C11H22N2S. The van der Waals surface area contributed by atoms with Crippen molar-refractivity contribution in [2.45, 2.75) is 58.5 Å². The summed E-state index contributed by atoms with van der Waals surface area (Å²) in [5, 5.41) is 4.68. The molecule has 0 radical (unpaired) electrons. The van der Waals surface area contributed by atoms with Crippen LogP contribution in [0, 0.1) is 0 Å². The molecule has 0 saturated carbocycles. The normalized spacial score (nSPS) is 29.9. The van der Waals surface area contributed by atoms with Gasteiger partial charge in [0, 0.05) is 11.3 Å². The first kappa shape index (κ1) is 11.9. The minimum Gasteiger partial charge on any atom is -0.359 e. The molecule has 3 heteroatoms. The second-order valence-corrected chi connectivity index (χ2v) is 5.20. The number of thioether (sulfide) groups is 1. The molecule has 0 bridgehead atoms. The Balaban J connectivity index is 2.56. The van der Waals surface area contributed by atoms with E-state index in [1.807, 2.05) is 11.8 Å². The predicted molar refractivity (Wildman–Crippen MR) is 66.1 cm³/mol. The summed E-state index contributed by atoms with van der Waals surface area (Å²) in [6.45, 7) is 8.91. The lowest BCUT2D eigenvalue weighted by Gasteiger charge is -2.21. The highest BCUT2D eigenvalue weighted by molar-refractivity contribution is 8.14. The molecule has 0 spiro atoms. The van der Waals surface area contributed by atoms with Gasteiger partial charge >= 0.3 is 0 Å². The van der Waals surface area contributed by atoms with E-state index >= 15 is 0 Å². The van der Waals surface area contributed by atoms with Crippen LogP contribution in [-0.4, -0.2) is 22.5 Å². The molecule has 1 aliphatic rings. The second kappa shape index (κ2) is 5.06. The van der Waals surface area contributed by atoms with E-state index in [0.717, 1.165) is 23.8 Å². The number of hydrogen-bond acceptors (Lipinski definition) is 2. The van der Waals surface area contributed by atoms with Gasteiger partial charge < -0.3 is 5.32 Å². The monoisotopic (exact) mass is 214 g/mol. The molecule has 0 aromatic heterocycles. The molecule has 0 aliphatic carbocycles. The van der Waals surface area contributed by atoms with Gasteiger partial charge in [-0.1, -0.05) is 32.5 Å². The number of nitrogens with one attached hydrogen (secondary N) is 1. The summed E-state index contributed by atoms with van der Waals surface area (Å²) >= 11 is 1.87. The van der Waals surface area contributed by atoms with Gasteiger partial charge in [-0.15, -0.1) is 0 Å². The lowest BCUT2D eigenvalue weighted by atomic mass is 10.0. The molecule has 1 unspecified atom stereocenters. The summed E-state index contributed by atoms with van der Waals surface area (Å²) in [6, 6.07) is 0.504. The van der Waals surface area contributed by atoms with Gasteiger partial charge in [-0.05, 0) is 26.2 Å². The first-order valence-electron chi connectivity index (χ1n) is 5.62. The number of nitrogens with zero attached hydrogens (tertiary/aromatic N) is 1. The van der Waals surface area contributed by atoms with E-state index in [1.165, 1.54) is 6.42 Å². The van der Waals surface area contributed by atoms with Crippen molar-refractivity contribution in [2.24, 2.45) is 4.99 Å². The third-order valence-corrected chi connectivity index (χ3v) is 4.22. The molecule has 1 heterocycles. The summed E-state index contributed by atoms with van der Waals surface area (Å²) in [5.41, 5.74) is 0.273. The average molecular weight is 214 g/mol. The van der Waals surface area contributed by atoms with Crippen molar-refractivity contribution in [1.29, 1.82) is 0 Å². The molecule has 1 fully saturated rings. The summed E-state index contributed by atoms with van der Waals surface area (Å²) < 4.78 is 0. The van der Waals surface area contributed by atoms with E-state index in [4.69, 9.17) is 4.99 Å². The Hall–Kier alpha value is -0.180. The average Bonchev–Trinajstić information content (AvgIpc) is 2.58. The minimum atomic E-state index is 0.273. The van der Waals surface area contributed by atoms with Crippen LogP contribution in [-0.2, 0) is 0 Å². The number of amidine groups is 1. The Kier molecular flexibility index (Phi) is 4.30. The highest BCUT2D eigenvalue weighted by atomic mass is 32.2. The van der Waals surface area contributed by atoms with Crippen LogP contribution in [0.1, 0.15) is 47.0 Å². The van der Waals surface area contributed by atoms with Crippen LogP contribution < -0.4 is 5.32 Å². The van der Waals surface area contributed by atoms with Gasteiger partial charge in [0.1, 0.15) is 0 Å². The maximum Gasteiger partial charge on any atom is 0.157 e. The van der Waals surface area contributed by atoms with Crippen LogP contribution in [0.5, 0.6) is 0 Å². The first-order chi connectivity index (χ1) is 6.63. The van der Waals surface area contributed by atoms with Crippen molar-refractivity contribution < 1.29 is 0 Å². The summed E-state index contributed by atoms with van der Waals surface area (Å²) in [7, 11) is 0. The van der Waals surface area contributed by atoms with Crippen molar-refractivity contribution in [2.75, 3.05) is 5.75 Å². The zero-order chi connectivity index (χ0) is 10.6. The zero-order valence-corrected chi connectivity index (χ0v) is 10.6. The van der Waals surface area contributed by atoms with E-state index in [-0.39, 0.29) is 5.54 Å². The van der Waals surface area contributed by atoms with Crippen LogP contribution >= 0.6 is 11.8 Å². The summed E-state index contributed by atoms with van der Waals surface area (Å²) in [5.74, 6) is 1.16. The fourth-order valence-electron chi connectivity index (χ4n) is 1.46. The van der Waals surface area contributed by atoms with Crippen molar-refractivity contribution in [1.82, 2.24) is 5.32 Å². The fraction of sp³-hybridized carbons (Fsp3) is 0.909. The molecule has 14 heavy (non-hydrogen) atoms. The Morgan fingerprint density at radius 1 is 1.43 bits per heavy atom. The summed E-state index contributed by atoms with van der Waals surface area (Å²) in [6.07, 6.45) is 3.46. The second-order valence-electron chi connectivity index (χ2n) is 4.23. The Morgan fingerprint density at radius 3 is 2.50 bits per heavy atom. The topological polar surface area (TPSA) is 24.4 Å². The minimum absolute atomic E-state index is 0.273. The van der Waals surface area contributed by atoms with E-state index in [0.29, 0.717) is 6.04 Å². The Morgan fingerprint density at radius 2 is 2.07 bits per heavy atom. The molecule has 1 rings (SSSR count). The molecule has 1 N–H and O–H groups in total. The first-order valence-corrected chi connectivity index (χ1v) is 6.61. The van der Waals surface area contributed by atoms with E-state index in [1.54, 1.807) is 0 Å².